The zero-order valence-corrected chi connectivity index (χ0v) is 13.0. The number of benzene rings is 1. The van der Waals surface area contributed by atoms with E-state index in [-0.39, 0.29) is 11.9 Å². The molecule has 0 bridgehead atoms. The fraction of sp³-hybridized carbons (Fsp3) is 0.562. The van der Waals surface area contributed by atoms with Crippen LogP contribution in [0.25, 0.3) is 0 Å². The lowest BCUT2D eigenvalue weighted by atomic mass is 10.1. The lowest BCUT2D eigenvalue weighted by molar-refractivity contribution is -0.125. The van der Waals surface area contributed by atoms with Crippen LogP contribution >= 0.6 is 0 Å². The maximum Gasteiger partial charge on any atom is 0.237 e. The predicted molar refractivity (Wildman–Crippen MR) is 81.7 cm³/mol. The summed E-state index contributed by atoms with van der Waals surface area (Å²) in [4.78, 5) is 14.0. The zero-order chi connectivity index (χ0) is 15.2. The smallest absolute Gasteiger partial charge is 0.237 e. The number of rotatable bonds is 6. The molecule has 0 saturated heterocycles. The van der Waals surface area contributed by atoms with Gasteiger partial charge in [-0.15, -0.1) is 0 Å². The average Bonchev–Trinajstić information content (AvgIpc) is 2.51. The molecule has 1 N–H and O–H groups in total. The zero-order valence-electron chi connectivity index (χ0n) is 13.0. The molecule has 21 heavy (non-hydrogen) atoms. The van der Waals surface area contributed by atoms with Crippen molar-refractivity contribution in [3.63, 3.8) is 0 Å². The third kappa shape index (κ3) is 4.11. The van der Waals surface area contributed by atoms with Gasteiger partial charge in [0.15, 0.2) is 11.5 Å². The maximum absolute atomic E-state index is 12.0. The summed E-state index contributed by atoms with van der Waals surface area (Å²) in [5.41, 5.74) is 1.11. The molecule has 0 saturated carbocycles. The fourth-order valence-electron chi connectivity index (χ4n) is 2.21. The number of hydrogen-bond acceptors (Lipinski definition) is 4. The quantitative estimate of drug-likeness (QED) is 0.869. The van der Waals surface area contributed by atoms with Crippen LogP contribution in [0.5, 0.6) is 11.5 Å². The highest BCUT2D eigenvalue weighted by molar-refractivity contribution is 5.81. The Kier molecular flexibility index (Phi) is 5.44. The number of fused-ring (bicyclic) bond motifs is 1. The lowest BCUT2D eigenvalue weighted by Gasteiger charge is -2.25. The summed E-state index contributed by atoms with van der Waals surface area (Å²) >= 11 is 0. The molecule has 1 amide bonds. The van der Waals surface area contributed by atoms with Gasteiger partial charge in [-0.25, -0.2) is 0 Å². The van der Waals surface area contributed by atoms with E-state index in [1.807, 2.05) is 44.0 Å². The first-order valence-corrected chi connectivity index (χ1v) is 7.48. The van der Waals surface area contributed by atoms with Gasteiger partial charge in [0.1, 0.15) is 13.2 Å². The molecular formula is C16H24N2O3. The largest absolute Gasteiger partial charge is 0.486 e. The summed E-state index contributed by atoms with van der Waals surface area (Å²) in [5, 5.41) is 2.92. The number of carbonyl (C=O) groups excluding carboxylic acids is 1. The molecule has 1 unspecified atom stereocenters. The average molecular weight is 292 g/mol. The number of carbonyl (C=O) groups is 1. The van der Waals surface area contributed by atoms with Gasteiger partial charge in [-0.2, -0.15) is 0 Å². The van der Waals surface area contributed by atoms with Crippen molar-refractivity contribution in [2.45, 2.75) is 32.9 Å². The first-order chi connectivity index (χ1) is 10.1. The van der Waals surface area contributed by atoms with Gasteiger partial charge < -0.3 is 14.8 Å². The second kappa shape index (κ2) is 7.31. The van der Waals surface area contributed by atoms with Crippen molar-refractivity contribution in [3.05, 3.63) is 23.8 Å². The Bertz CT molecular complexity index is 490. The number of likely N-dealkylation sites (N-methyl/N-ethyl adjacent to an activating group) is 1. The number of hydrogen-bond donors (Lipinski definition) is 1. The van der Waals surface area contributed by atoms with E-state index in [2.05, 4.69) is 5.32 Å². The summed E-state index contributed by atoms with van der Waals surface area (Å²) in [6, 6.07) is 5.77. The summed E-state index contributed by atoms with van der Waals surface area (Å²) in [6.07, 6.45) is 0.949. The molecule has 5 heteroatoms. The number of amides is 1. The lowest BCUT2D eigenvalue weighted by Crippen LogP contribution is -2.43. The molecule has 1 aliphatic heterocycles. The van der Waals surface area contributed by atoms with E-state index in [9.17, 15) is 4.79 Å². The van der Waals surface area contributed by atoms with Crippen molar-refractivity contribution in [2.24, 2.45) is 0 Å². The molecule has 1 aromatic carbocycles. The highest BCUT2D eigenvalue weighted by atomic mass is 16.6. The van der Waals surface area contributed by atoms with Crippen molar-refractivity contribution in [3.8, 4) is 11.5 Å². The van der Waals surface area contributed by atoms with Gasteiger partial charge in [-0.05, 0) is 38.1 Å². The molecule has 1 aliphatic rings. The summed E-state index contributed by atoms with van der Waals surface area (Å²) < 4.78 is 11.1. The van der Waals surface area contributed by atoms with Gasteiger partial charge in [0.25, 0.3) is 0 Å². The van der Waals surface area contributed by atoms with Crippen molar-refractivity contribution >= 4 is 5.91 Å². The molecule has 2 rings (SSSR count). The Hall–Kier alpha value is -1.75. The molecule has 1 heterocycles. The van der Waals surface area contributed by atoms with E-state index in [0.717, 1.165) is 30.0 Å². The maximum atomic E-state index is 12.0. The Morgan fingerprint density at radius 3 is 2.76 bits per heavy atom. The van der Waals surface area contributed by atoms with Crippen LogP contribution < -0.4 is 14.8 Å². The van der Waals surface area contributed by atoms with E-state index >= 15 is 0 Å². The van der Waals surface area contributed by atoms with Crippen molar-refractivity contribution in [2.75, 3.05) is 26.8 Å². The molecule has 5 nitrogen and oxygen atoms in total. The number of nitrogens with zero attached hydrogens (tertiary/aromatic N) is 1. The summed E-state index contributed by atoms with van der Waals surface area (Å²) in [6.45, 7) is 6.56. The molecule has 0 fully saturated rings. The first kappa shape index (κ1) is 15.6. The van der Waals surface area contributed by atoms with Crippen LogP contribution in [0.4, 0.5) is 0 Å². The van der Waals surface area contributed by atoms with Gasteiger partial charge in [-0.3, -0.25) is 9.69 Å². The second-order valence-electron chi connectivity index (χ2n) is 5.36. The summed E-state index contributed by atoms with van der Waals surface area (Å²) in [7, 11) is 1.95. The minimum absolute atomic E-state index is 0.0666. The van der Waals surface area contributed by atoms with Crippen LogP contribution in [-0.4, -0.2) is 43.7 Å². The minimum atomic E-state index is -0.162. The van der Waals surface area contributed by atoms with Crippen LogP contribution in [0.1, 0.15) is 25.8 Å². The minimum Gasteiger partial charge on any atom is -0.486 e. The Labute approximate surface area is 126 Å². The molecule has 0 aliphatic carbocycles. The van der Waals surface area contributed by atoms with Gasteiger partial charge in [-0.1, -0.05) is 13.0 Å². The van der Waals surface area contributed by atoms with Gasteiger partial charge >= 0.3 is 0 Å². The molecule has 0 spiro atoms. The van der Waals surface area contributed by atoms with Crippen LogP contribution in [-0.2, 0) is 11.3 Å². The number of ether oxygens (including phenoxy) is 2. The molecular weight excluding hydrogens is 268 g/mol. The topological polar surface area (TPSA) is 50.8 Å². The first-order valence-electron chi connectivity index (χ1n) is 7.48. The van der Waals surface area contributed by atoms with Crippen LogP contribution in [0.2, 0.25) is 0 Å². The standard InChI is InChI=1S/C16H24N2O3/c1-4-7-17-16(19)12(2)18(3)11-13-5-6-14-15(10-13)21-9-8-20-14/h5-6,10,12H,4,7-9,11H2,1-3H3,(H,17,19). The fourth-order valence-corrected chi connectivity index (χ4v) is 2.21. The van der Waals surface area contributed by atoms with E-state index in [1.54, 1.807) is 0 Å². The van der Waals surface area contributed by atoms with Crippen molar-refractivity contribution < 1.29 is 14.3 Å². The van der Waals surface area contributed by atoms with Crippen LogP contribution in [0, 0.1) is 0 Å². The van der Waals surface area contributed by atoms with Crippen LogP contribution in [0.15, 0.2) is 18.2 Å². The third-order valence-electron chi connectivity index (χ3n) is 3.63. The predicted octanol–water partition coefficient (Wildman–Crippen LogP) is 1.80. The van der Waals surface area contributed by atoms with Gasteiger partial charge in [0.05, 0.1) is 6.04 Å². The monoisotopic (exact) mass is 292 g/mol. The second-order valence-corrected chi connectivity index (χ2v) is 5.36. The molecule has 0 radical (unpaired) electrons. The normalized spacial score (nSPS) is 14.9. The van der Waals surface area contributed by atoms with Gasteiger partial charge in [0.2, 0.25) is 5.91 Å². The Morgan fingerprint density at radius 2 is 2.05 bits per heavy atom. The third-order valence-corrected chi connectivity index (χ3v) is 3.63. The molecule has 116 valence electrons. The van der Waals surface area contributed by atoms with Gasteiger partial charge in [0, 0.05) is 13.1 Å². The molecule has 0 aromatic heterocycles. The Balaban J connectivity index is 1.95. The van der Waals surface area contributed by atoms with Crippen molar-refractivity contribution in [1.29, 1.82) is 0 Å². The highest BCUT2D eigenvalue weighted by Gasteiger charge is 2.18. The van der Waals surface area contributed by atoms with E-state index in [1.165, 1.54) is 0 Å². The molecule has 1 aromatic rings. The van der Waals surface area contributed by atoms with E-state index < -0.39 is 0 Å². The Morgan fingerprint density at radius 1 is 1.33 bits per heavy atom. The number of nitrogens with one attached hydrogen (secondary N) is 1. The van der Waals surface area contributed by atoms with E-state index in [4.69, 9.17) is 9.47 Å². The SMILES string of the molecule is CCCNC(=O)C(C)N(C)Cc1ccc2c(c1)OCCO2. The van der Waals surface area contributed by atoms with Crippen LogP contribution in [0.3, 0.4) is 0 Å². The summed E-state index contributed by atoms with van der Waals surface area (Å²) in [5.74, 6) is 1.65. The van der Waals surface area contributed by atoms with Crippen molar-refractivity contribution in [1.82, 2.24) is 10.2 Å². The highest BCUT2D eigenvalue weighted by Crippen LogP contribution is 2.31. The van der Waals surface area contributed by atoms with E-state index in [0.29, 0.717) is 19.8 Å². The molecule has 1 atom stereocenters.